The van der Waals surface area contributed by atoms with Gasteiger partial charge in [0.2, 0.25) is 0 Å². The first-order valence-electron chi connectivity index (χ1n) is 3.75. The predicted octanol–water partition coefficient (Wildman–Crippen LogP) is -3.18. The van der Waals surface area contributed by atoms with Gasteiger partial charge in [0.1, 0.15) is 17.5 Å². The summed E-state index contributed by atoms with van der Waals surface area (Å²) >= 11 is 0. The number of aliphatic hydroxyl groups excluding tert-OH is 3. The number of sulfone groups is 1. The van der Waals surface area contributed by atoms with Gasteiger partial charge in [0, 0.05) is 6.26 Å². The summed E-state index contributed by atoms with van der Waals surface area (Å²) < 4.78 is 22.2. The molecular weight excluding hydrogens is 198 g/mol. The van der Waals surface area contributed by atoms with Gasteiger partial charge in [-0.15, -0.1) is 0 Å². The van der Waals surface area contributed by atoms with Crippen LogP contribution in [0.25, 0.3) is 0 Å². The zero-order valence-corrected chi connectivity index (χ0v) is 7.85. The van der Waals surface area contributed by atoms with Crippen molar-refractivity contribution >= 4 is 9.84 Å². The number of rotatable bonds is 1. The lowest BCUT2D eigenvalue weighted by Gasteiger charge is -2.16. The van der Waals surface area contributed by atoms with Crippen LogP contribution in [-0.2, 0) is 9.84 Å². The Labute approximate surface area is 75.9 Å². The Morgan fingerprint density at radius 1 is 1.08 bits per heavy atom. The summed E-state index contributed by atoms with van der Waals surface area (Å²) in [6.07, 6.45) is -3.49. The van der Waals surface area contributed by atoms with Gasteiger partial charge in [-0.1, -0.05) is 0 Å². The molecule has 0 amide bonds. The summed E-state index contributed by atoms with van der Waals surface area (Å²) in [5.74, 6) is 0. The van der Waals surface area contributed by atoms with Crippen LogP contribution < -0.4 is 5.73 Å². The normalized spacial score (nSPS) is 46.7. The van der Waals surface area contributed by atoms with E-state index in [4.69, 9.17) is 10.8 Å². The first-order valence-corrected chi connectivity index (χ1v) is 5.71. The van der Waals surface area contributed by atoms with Crippen molar-refractivity contribution in [2.45, 2.75) is 29.6 Å². The van der Waals surface area contributed by atoms with Crippen molar-refractivity contribution in [1.82, 2.24) is 0 Å². The summed E-state index contributed by atoms with van der Waals surface area (Å²) in [5.41, 5.74) is 5.34. The first kappa shape index (κ1) is 10.9. The molecule has 0 saturated heterocycles. The van der Waals surface area contributed by atoms with Crippen molar-refractivity contribution in [3.8, 4) is 0 Å². The molecule has 13 heavy (non-hydrogen) atoms. The molecule has 0 radical (unpaired) electrons. The van der Waals surface area contributed by atoms with E-state index < -0.39 is 39.4 Å². The number of aliphatic hydroxyl groups is 3. The molecule has 1 aliphatic rings. The lowest BCUT2D eigenvalue weighted by Crippen LogP contribution is -2.45. The van der Waals surface area contributed by atoms with Gasteiger partial charge in [0.25, 0.3) is 0 Å². The zero-order chi connectivity index (χ0) is 10.4. The maximum Gasteiger partial charge on any atom is 0.154 e. The maximum atomic E-state index is 11.1. The Morgan fingerprint density at radius 2 is 1.54 bits per heavy atom. The number of nitrogens with two attached hydrogens (primary N) is 1. The highest BCUT2D eigenvalue weighted by molar-refractivity contribution is 7.91. The smallest absolute Gasteiger partial charge is 0.154 e. The van der Waals surface area contributed by atoms with Gasteiger partial charge in [0.15, 0.2) is 9.84 Å². The van der Waals surface area contributed by atoms with E-state index in [1.807, 2.05) is 0 Å². The molecule has 0 aromatic rings. The largest absolute Gasteiger partial charge is 0.389 e. The van der Waals surface area contributed by atoms with Gasteiger partial charge in [-0.25, -0.2) is 8.42 Å². The lowest BCUT2D eigenvalue weighted by molar-refractivity contribution is -0.0201. The average molecular weight is 211 g/mol. The third-order valence-electron chi connectivity index (χ3n) is 2.30. The van der Waals surface area contributed by atoms with Crippen molar-refractivity contribution in [2.75, 3.05) is 6.26 Å². The van der Waals surface area contributed by atoms with Crippen molar-refractivity contribution in [2.24, 2.45) is 5.73 Å². The van der Waals surface area contributed by atoms with Gasteiger partial charge in [-0.2, -0.15) is 0 Å². The minimum atomic E-state index is -3.56. The summed E-state index contributed by atoms with van der Waals surface area (Å²) in [7, 11) is -3.56. The Hall–Kier alpha value is -0.210. The highest BCUT2D eigenvalue weighted by atomic mass is 32.2. The predicted molar refractivity (Wildman–Crippen MR) is 44.6 cm³/mol. The molecule has 1 aliphatic carbocycles. The van der Waals surface area contributed by atoms with E-state index in [0.29, 0.717) is 0 Å². The second-order valence-corrected chi connectivity index (χ2v) is 5.55. The zero-order valence-electron chi connectivity index (χ0n) is 7.03. The molecular formula is C6H13NO5S. The molecule has 0 bridgehead atoms. The molecule has 5 atom stereocenters. The highest BCUT2D eigenvalue weighted by Crippen LogP contribution is 2.25. The molecule has 1 fully saturated rings. The molecule has 0 spiro atoms. The summed E-state index contributed by atoms with van der Waals surface area (Å²) in [4.78, 5) is 0. The molecule has 78 valence electrons. The van der Waals surface area contributed by atoms with E-state index in [2.05, 4.69) is 0 Å². The molecule has 0 heterocycles. The van der Waals surface area contributed by atoms with Crippen molar-refractivity contribution in [1.29, 1.82) is 0 Å². The summed E-state index contributed by atoms with van der Waals surface area (Å²) in [5, 5.41) is 26.3. The van der Waals surface area contributed by atoms with Crippen LogP contribution in [-0.4, -0.2) is 59.6 Å². The Morgan fingerprint density at radius 3 is 1.69 bits per heavy atom. The maximum absolute atomic E-state index is 11.1. The van der Waals surface area contributed by atoms with Crippen LogP contribution in [0.2, 0.25) is 0 Å². The topological polar surface area (TPSA) is 121 Å². The number of hydrogen-bond acceptors (Lipinski definition) is 6. The third kappa shape index (κ3) is 1.70. The minimum Gasteiger partial charge on any atom is -0.389 e. The SMILES string of the molecule is CS(=O)(=O)[C@H]1[C@@H](N)[C@@H](O)[C@@H](O)[C@H]1O. The molecule has 0 aromatic carbocycles. The van der Waals surface area contributed by atoms with Crippen molar-refractivity contribution in [3.05, 3.63) is 0 Å². The second kappa shape index (κ2) is 3.18. The molecule has 0 aliphatic heterocycles. The van der Waals surface area contributed by atoms with E-state index in [9.17, 15) is 18.6 Å². The minimum absolute atomic E-state index is 0.908. The van der Waals surface area contributed by atoms with Crippen molar-refractivity contribution in [3.63, 3.8) is 0 Å². The molecule has 5 N–H and O–H groups in total. The Kier molecular flexibility index (Phi) is 2.65. The summed E-state index contributed by atoms with van der Waals surface area (Å²) in [6.45, 7) is 0. The van der Waals surface area contributed by atoms with Crippen LogP contribution in [0.3, 0.4) is 0 Å². The first-order chi connectivity index (χ1) is 5.76. The van der Waals surface area contributed by atoms with E-state index in [-0.39, 0.29) is 0 Å². The summed E-state index contributed by atoms with van der Waals surface area (Å²) in [6, 6.07) is -1.14. The monoisotopic (exact) mass is 211 g/mol. The fourth-order valence-corrected chi connectivity index (χ4v) is 2.98. The highest BCUT2D eigenvalue weighted by Gasteiger charge is 2.51. The fourth-order valence-electron chi connectivity index (χ4n) is 1.58. The van der Waals surface area contributed by atoms with E-state index in [0.717, 1.165) is 6.26 Å². The Bertz CT molecular complexity index is 275. The molecule has 1 rings (SSSR count). The van der Waals surface area contributed by atoms with Crippen molar-refractivity contribution < 1.29 is 23.7 Å². The molecule has 6 nitrogen and oxygen atoms in total. The quantitative estimate of drug-likeness (QED) is 0.363. The van der Waals surface area contributed by atoms with Gasteiger partial charge < -0.3 is 21.1 Å². The van der Waals surface area contributed by atoms with Crippen LogP contribution >= 0.6 is 0 Å². The van der Waals surface area contributed by atoms with Gasteiger partial charge in [-0.05, 0) is 0 Å². The average Bonchev–Trinajstić information content (AvgIpc) is 2.14. The molecule has 1 saturated carbocycles. The van der Waals surface area contributed by atoms with Crippen LogP contribution in [0.5, 0.6) is 0 Å². The van der Waals surface area contributed by atoms with Gasteiger partial charge in [-0.3, -0.25) is 0 Å². The lowest BCUT2D eigenvalue weighted by atomic mass is 10.2. The van der Waals surface area contributed by atoms with E-state index in [1.165, 1.54) is 0 Å². The Balaban J connectivity index is 3.01. The van der Waals surface area contributed by atoms with E-state index >= 15 is 0 Å². The standard InChI is InChI=1S/C6H13NO5S/c1-13(11,12)6-2(7)3(8)4(9)5(6)10/h2-6,8-10H,7H2,1H3/t2-,3+,4+,5+,6-/m0/s1. The van der Waals surface area contributed by atoms with Crippen LogP contribution in [0.4, 0.5) is 0 Å². The third-order valence-corrected chi connectivity index (χ3v) is 3.89. The van der Waals surface area contributed by atoms with Crippen LogP contribution in [0, 0.1) is 0 Å². The van der Waals surface area contributed by atoms with Crippen LogP contribution in [0.15, 0.2) is 0 Å². The second-order valence-electron chi connectivity index (χ2n) is 3.34. The van der Waals surface area contributed by atoms with Gasteiger partial charge in [0.05, 0.1) is 12.1 Å². The van der Waals surface area contributed by atoms with E-state index in [1.54, 1.807) is 0 Å². The van der Waals surface area contributed by atoms with Gasteiger partial charge >= 0.3 is 0 Å². The molecule has 7 heteroatoms. The molecule has 0 unspecified atom stereocenters. The number of hydrogen-bond donors (Lipinski definition) is 4. The fraction of sp³-hybridized carbons (Fsp3) is 1.00. The molecule has 0 aromatic heterocycles. The van der Waals surface area contributed by atoms with Crippen LogP contribution in [0.1, 0.15) is 0 Å².